The third-order valence-electron chi connectivity index (χ3n) is 5.58. The molecule has 1 fully saturated rings. The molecule has 2 aromatic rings. The van der Waals surface area contributed by atoms with E-state index in [2.05, 4.69) is 45.6 Å². The Morgan fingerprint density at radius 1 is 1.16 bits per heavy atom. The minimum Gasteiger partial charge on any atom is -0.497 e. The molecule has 0 aliphatic carbocycles. The SMILES string of the molecule is CCNC(=NCc1cccnc1N(C)C)NC1CCN(c2cc(OC)cc(OC)c2)CC1. The monoisotopic (exact) mass is 440 g/mol. The van der Waals surface area contributed by atoms with Crippen LogP contribution in [0, 0.1) is 0 Å². The Labute approximate surface area is 191 Å². The summed E-state index contributed by atoms with van der Waals surface area (Å²) in [5.41, 5.74) is 2.24. The van der Waals surface area contributed by atoms with Gasteiger partial charge >= 0.3 is 0 Å². The molecule has 32 heavy (non-hydrogen) atoms. The van der Waals surface area contributed by atoms with Gasteiger partial charge in [-0.1, -0.05) is 6.07 Å². The number of hydrogen-bond acceptors (Lipinski definition) is 6. The number of guanidine groups is 1. The number of nitrogens with zero attached hydrogens (tertiary/aromatic N) is 4. The van der Waals surface area contributed by atoms with Gasteiger partial charge in [-0.2, -0.15) is 0 Å². The molecule has 8 nitrogen and oxygen atoms in total. The zero-order valence-electron chi connectivity index (χ0n) is 19.9. The van der Waals surface area contributed by atoms with E-state index in [1.165, 1.54) is 0 Å². The molecule has 2 heterocycles. The first-order valence-electron chi connectivity index (χ1n) is 11.2. The fourth-order valence-corrected chi connectivity index (χ4v) is 3.89. The van der Waals surface area contributed by atoms with E-state index in [1.54, 1.807) is 14.2 Å². The van der Waals surface area contributed by atoms with E-state index < -0.39 is 0 Å². The molecule has 1 aliphatic heterocycles. The number of methoxy groups -OCH3 is 2. The highest BCUT2D eigenvalue weighted by atomic mass is 16.5. The molecule has 0 unspecified atom stereocenters. The lowest BCUT2D eigenvalue weighted by Crippen LogP contribution is -2.48. The van der Waals surface area contributed by atoms with Crippen LogP contribution >= 0.6 is 0 Å². The van der Waals surface area contributed by atoms with Gasteiger partial charge in [0.15, 0.2) is 5.96 Å². The molecule has 3 rings (SSSR count). The van der Waals surface area contributed by atoms with Gasteiger partial charge in [-0.3, -0.25) is 0 Å². The smallest absolute Gasteiger partial charge is 0.191 e. The minimum absolute atomic E-state index is 0.374. The molecule has 1 aromatic carbocycles. The summed E-state index contributed by atoms with van der Waals surface area (Å²) in [5.74, 6) is 3.43. The quantitative estimate of drug-likeness (QED) is 0.483. The molecule has 0 spiro atoms. The van der Waals surface area contributed by atoms with Crippen molar-refractivity contribution >= 4 is 17.5 Å². The molecular weight excluding hydrogens is 404 g/mol. The lowest BCUT2D eigenvalue weighted by atomic mass is 10.0. The van der Waals surface area contributed by atoms with Gasteiger partial charge in [0, 0.05) is 75.4 Å². The van der Waals surface area contributed by atoms with Crippen molar-refractivity contribution in [2.24, 2.45) is 4.99 Å². The van der Waals surface area contributed by atoms with Crippen molar-refractivity contribution in [3.63, 3.8) is 0 Å². The highest BCUT2D eigenvalue weighted by Crippen LogP contribution is 2.30. The number of anilines is 2. The van der Waals surface area contributed by atoms with Crippen LogP contribution in [0.3, 0.4) is 0 Å². The molecule has 0 radical (unpaired) electrons. The van der Waals surface area contributed by atoms with E-state index in [-0.39, 0.29) is 0 Å². The van der Waals surface area contributed by atoms with Gasteiger partial charge in [0.1, 0.15) is 17.3 Å². The Balaban J connectivity index is 1.61. The van der Waals surface area contributed by atoms with E-state index in [1.807, 2.05) is 37.3 Å². The fraction of sp³-hybridized carbons (Fsp3) is 0.500. The number of nitrogens with one attached hydrogen (secondary N) is 2. The van der Waals surface area contributed by atoms with Crippen LogP contribution < -0.4 is 29.9 Å². The number of pyridine rings is 1. The topological polar surface area (TPSA) is 74.3 Å². The van der Waals surface area contributed by atoms with Crippen LogP contribution in [-0.4, -0.2) is 64.9 Å². The molecule has 0 amide bonds. The third-order valence-corrected chi connectivity index (χ3v) is 5.58. The Morgan fingerprint density at radius 3 is 2.44 bits per heavy atom. The van der Waals surface area contributed by atoms with Gasteiger partial charge in [-0.25, -0.2) is 9.98 Å². The molecule has 1 aliphatic rings. The summed E-state index contributed by atoms with van der Waals surface area (Å²) in [4.78, 5) is 13.7. The highest BCUT2D eigenvalue weighted by Gasteiger charge is 2.21. The van der Waals surface area contributed by atoms with E-state index >= 15 is 0 Å². The van der Waals surface area contributed by atoms with Gasteiger partial charge in [0.25, 0.3) is 0 Å². The number of hydrogen-bond donors (Lipinski definition) is 2. The molecule has 1 saturated heterocycles. The van der Waals surface area contributed by atoms with Crippen LogP contribution in [0.2, 0.25) is 0 Å². The fourth-order valence-electron chi connectivity index (χ4n) is 3.89. The van der Waals surface area contributed by atoms with Crippen LogP contribution in [0.15, 0.2) is 41.5 Å². The van der Waals surface area contributed by atoms with Crippen LogP contribution in [-0.2, 0) is 6.54 Å². The second kappa shape index (κ2) is 11.5. The highest BCUT2D eigenvalue weighted by molar-refractivity contribution is 5.80. The van der Waals surface area contributed by atoms with Crippen molar-refractivity contribution in [2.45, 2.75) is 32.4 Å². The van der Waals surface area contributed by atoms with Crippen molar-refractivity contribution in [2.75, 3.05) is 57.7 Å². The minimum atomic E-state index is 0.374. The Morgan fingerprint density at radius 2 is 1.84 bits per heavy atom. The van der Waals surface area contributed by atoms with E-state index in [4.69, 9.17) is 14.5 Å². The number of aliphatic imine (C=N–C) groups is 1. The molecule has 0 atom stereocenters. The van der Waals surface area contributed by atoms with Crippen molar-refractivity contribution in [3.8, 4) is 11.5 Å². The largest absolute Gasteiger partial charge is 0.497 e. The zero-order valence-corrected chi connectivity index (χ0v) is 19.9. The van der Waals surface area contributed by atoms with Crippen molar-refractivity contribution in [3.05, 3.63) is 42.1 Å². The van der Waals surface area contributed by atoms with Crippen LogP contribution in [0.4, 0.5) is 11.5 Å². The van der Waals surface area contributed by atoms with Gasteiger partial charge < -0.3 is 29.9 Å². The first kappa shape index (κ1) is 23.5. The van der Waals surface area contributed by atoms with Crippen molar-refractivity contribution in [1.82, 2.24) is 15.6 Å². The second-order valence-corrected chi connectivity index (χ2v) is 8.05. The molecule has 1 aromatic heterocycles. The maximum Gasteiger partial charge on any atom is 0.191 e. The van der Waals surface area contributed by atoms with Crippen molar-refractivity contribution in [1.29, 1.82) is 0 Å². The average Bonchev–Trinajstić information content (AvgIpc) is 2.82. The van der Waals surface area contributed by atoms with E-state index in [0.717, 1.165) is 67.0 Å². The summed E-state index contributed by atoms with van der Waals surface area (Å²) in [6.45, 7) is 5.41. The average molecular weight is 441 g/mol. The first-order valence-corrected chi connectivity index (χ1v) is 11.2. The predicted octanol–water partition coefficient (Wildman–Crippen LogP) is 2.89. The third kappa shape index (κ3) is 6.18. The number of rotatable bonds is 8. The molecule has 8 heteroatoms. The Bertz CT molecular complexity index is 872. The van der Waals surface area contributed by atoms with Gasteiger partial charge in [-0.15, -0.1) is 0 Å². The van der Waals surface area contributed by atoms with Crippen LogP contribution in [0.25, 0.3) is 0 Å². The molecule has 0 saturated carbocycles. The van der Waals surface area contributed by atoms with E-state index in [9.17, 15) is 0 Å². The predicted molar refractivity (Wildman–Crippen MR) is 131 cm³/mol. The lowest BCUT2D eigenvalue weighted by molar-refractivity contribution is 0.393. The zero-order chi connectivity index (χ0) is 22.9. The maximum absolute atomic E-state index is 5.42. The molecule has 0 bridgehead atoms. The first-order chi connectivity index (χ1) is 15.5. The standard InChI is InChI=1S/C24H36N6O2/c1-6-25-24(27-17-18-8-7-11-26-23(18)29(2)3)28-19-9-12-30(13-10-19)20-14-21(31-4)16-22(15-20)32-5/h7-8,11,14-16,19H,6,9-10,12-13,17H2,1-5H3,(H2,25,27,28). The van der Waals surface area contributed by atoms with Crippen LogP contribution in [0.5, 0.6) is 11.5 Å². The molecule has 174 valence electrons. The number of piperidine rings is 1. The van der Waals surface area contributed by atoms with Crippen LogP contribution in [0.1, 0.15) is 25.3 Å². The van der Waals surface area contributed by atoms with E-state index in [0.29, 0.717) is 12.6 Å². The lowest BCUT2D eigenvalue weighted by Gasteiger charge is -2.34. The Hall–Kier alpha value is -3.16. The summed E-state index contributed by atoms with van der Waals surface area (Å²) >= 11 is 0. The second-order valence-electron chi connectivity index (χ2n) is 8.05. The Kier molecular flexibility index (Phi) is 8.41. The van der Waals surface area contributed by atoms with Gasteiger partial charge in [0.2, 0.25) is 0 Å². The normalized spacial score (nSPS) is 14.8. The number of benzene rings is 1. The molecule has 2 N–H and O–H groups in total. The summed E-state index contributed by atoms with van der Waals surface area (Å²) in [6, 6.07) is 10.5. The summed E-state index contributed by atoms with van der Waals surface area (Å²) < 4.78 is 10.8. The van der Waals surface area contributed by atoms with Crippen molar-refractivity contribution < 1.29 is 9.47 Å². The summed E-state index contributed by atoms with van der Waals surface area (Å²) in [5, 5.41) is 7.00. The molecular formula is C24H36N6O2. The number of aromatic nitrogens is 1. The summed E-state index contributed by atoms with van der Waals surface area (Å²) in [6.07, 6.45) is 3.87. The van der Waals surface area contributed by atoms with Gasteiger partial charge in [0.05, 0.1) is 20.8 Å². The maximum atomic E-state index is 5.42. The number of ether oxygens (including phenoxy) is 2. The van der Waals surface area contributed by atoms with Gasteiger partial charge in [-0.05, 0) is 25.8 Å². The summed E-state index contributed by atoms with van der Waals surface area (Å²) in [7, 11) is 7.38.